The molecule has 5 nitrogen and oxygen atoms in total. The maximum absolute atomic E-state index is 9.20. The van der Waals surface area contributed by atoms with Crippen molar-refractivity contribution in [3.63, 3.8) is 0 Å². The summed E-state index contributed by atoms with van der Waals surface area (Å²) >= 11 is 0. The number of phenols is 3. The van der Waals surface area contributed by atoms with E-state index in [4.69, 9.17) is 16.1 Å². The molecule has 13 heavy (non-hydrogen) atoms. The summed E-state index contributed by atoms with van der Waals surface area (Å²) in [7, 11) is 0. The second-order valence-corrected chi connectivity index (χ2v) is 2.32. The van der Waals surface area contributed by atoms with E-state index in [1.807, 2.05) is 0 Å². The molecule has 74 valence electrons. The van der Waals surface area contributed by atoms with E-state index in [2.05, 4.69) is 5.43 Å². The maximum atomic E-state index is 9.20. The first kappa shape index (κ1) is 11.8. The van der Waals surface area contributed by atoms with Gasteiger partial charge in [0, 0.05) is 12.1 Å². The molecule has 6 heteroatoms. The summed E-state index contributed by atoms with van der Waals surface area (Å²) in [6.45, 7) is 0.222. The third-order valence-corrected chi connectivity index (χ3v) is 1.51. The Morgan fingerprint density at radius 2 is 1.77 bits per heavy atom. The van der Waals surface area contributed by atoms with Crippen LogP contribution < -0.4 is 11.3 Å². The van der Waals surface area contributed by atoms with Crippen LogP contribution >= 0.6 is 12.4 Å². The van der Waals surface area contributed by atoms with Crippen LogP contribution in [0.2, 0.25) is 0 Å². The lowest BCUT2D eigenvalue weighted by molar-refractivity contribution is 0.364. The van der Waals surface area contributed by atoms with Gasteiger partial charge in [0.15, 0.2) is 11.5 Å². The Balaban J connectivity index is 0.00000144. The molecule has 0 fully saturated rings. The van der Waals surface area contributed by atoms with Crippen LogP contribution in [0.25, 0.3) is 0 Å². The molecule has 0 aliphatic rings. The lowest BCUT2D eigenvalue weighted by Crippen LogP contribution is -2.20. The number of nitrogens with one attached hydrogen (secondary N) is 1. The van der Waals surface area contributed by atoms with Crippen molar-refractivity contribution in [3.05, 3.63) is 17.7 Å². The largest absolute Gasteiger partial charge is 0.504 e. The van der Waals surface area contributed by atoms with Crippen LogP contribution in [0.5, 0.6) is 17.2 Å². The highest BCUT2D eigenvalue weighted by Crippen LogP contribution is 2.36. The molecule has 6 N–H and O–H groups in total. The van der Waals surface area contributed by atoms with Crippen molar-refractivity contribution in [1.82, 2.24) is 5.43 Å². The van der Waals surface area contributed by atoms with Crippen molar-refractivity contribution in [2.24, 2.45) is 5.84 Å². The van der Waals surface area contributed by atoms with Gasteiger partial charge in [0.2, 0.25) is 5.75 Å². The molecular formula is C7H11ClN2O3. The van der Waals surface area contributed by atoms with Crippen LogP contribution in [0, 0.1) is 0 Å². The standard InChI is InChI=1S/C7H10N2O3.ClH/c8-9-3-4-1-2-5(10)7(12)6(4)11;/h1-2,9-12H,3,8H2;1H. The van der Waals surface area contributed by atoms with Crippen molar-refractivity contribution < 1.29 is 15.3 Å². The summed E-state index contributed by atoms with van der Waals surface area (Å²) in [5.41, 5.74) is 2.74. The number of hydrazine groups is 1. The summed E-state index contributed by atoms with van der Waals surface area (Å²) in [6, 6.07) is 2.74. The van der Waals surface area contributed by atoms with Gasteiger partial charge in [-0.15, -0.1) is 12.4 Å². The van der Waals surface area contributed by atoms with Crippen molar-refractivity contribution in [2.75, 3.05) is 0 Å². The van der Waals surface area contributed by atoms with Gasteiger partial charge in [-0.25, -0.2) is 0 Å². The smallest absolute Gasteiger partial charge is 0.200 e. The molecule has 1 rings (SSSR count). The van der Waals surface area contributed by atoms with E-state index in [-0.39, 0.29) is 30.5 Å². The van der Waals surface area contributed by atoms with Crippen LogP contribution in [-0.4, -0.2) is 15.3 Å². The Kier molecular flexibility index (Phi) is 4.33. The van der Waals surface area contributed by atoms with Crippen molar-refractivity contribution in [1.29, 1.82) is 0 Å². The van der Waals surface area contributed by atoms with E-state index in [9.17, 15) is 5.11 Å². The number of benzene rings is 1. The van der Waals surface area contributed by atoms with Gasteiger partial charge < -0.3 is 15.3 Å². The predicted molar refractivity (Wildman–Crippen MR) is 49.7 cm³/mol. The molecule has 1 aromatic carbocycles. The van der Waals surface area contributed by atoms with Gasteiger partial charge in [-0.3, -0.25) is 11.3 Å². The average molecular weight is 207 g/mol. The molecule has 0 saturated carbocycles. The van der Waals surface area contributed by atoms with Crippen LogP contribution in [0.4, 0.5) is 0 Å². The SMILES string of the molecule is Cl.NNCc1ccc(O)c(O)c1O. The molecule has 0 amide bonds. The van der Waals surface area contributed by atoms with E-state index in [1.165, 1.54) is 12.1 Å². The fraction of sp³-hybridized carbons (Fsp3) is 0.143. The number of aromatic hydroxyl groups is 3. The topological polar surface area (TPSA) is 98.7 Å². The summed E-state index contributed by atoms with van der Waals surface area (Å²) in [4.78, 5) is 0. The minimum absolute atomic E-state index is 0. The minimum atomic E-state index is -0.525. The van der Waals surface area contributed by atoms with E-state index in [0.717, 1.165) is 0 Å². The van der Waals surface area contributed by atoms with E-state index in [0.29, 0.717) is 5.56 Å². The first-order chi connectivity index (χ1) is 5.66. The molecule has 0 bridgehead atoms. The molecule has 0 unspecified atom stereocenters. The number of phenolic OH excluding ortho intramolecular Hbond substituents is 3. The number of halogens is 1. The highest BCUT2D eigenvalue weighted by atomic mass is 35.5. The number of hydrogen-bond donors (Lipinski definition) is 5. The first-order valence-corrected chi connectivity index (χ1v) is 3.33. The second-order valence-electron chi connectivity index (χ2n) is 2.32. The minimum Gasteiger partial charge on any atom is -0.504 e. The zero-order valence-electron chi connectivity index (χ0n) is 6.69. The third-order valence-electron chi connectivity index (χ3n) is 1.51. The van der Waals surface area contributed by atoms with Gasteiger partial charge in [0.1, 0.15) is 0 Å². The molecule has 0 aromatic heterocycles. The fourth-order valence-corrected chi connectivity index (χ4v) is 0.863. The maximum Gasteiger partial charge on any atom is 0.200 e. The normalized spacial score (nSPS) is 9.31. The summed E-state index contributed by atoms with van der Waals surface area (Å²) in [5.74, 6) is 3.78. The quantitative estimate of drug-likeness (QED) is 0.270. The predicted octanol–water partition coefficient (Wildman–Crippen LogP) is 0.189. The summed E-state index contributed by atoms with van der Waals surface area (Å²) in [6.07, 6.45) is 0. The van der Waals surface area contributed by atoms with Crippen LogP contribution in [0.1, 0.15) is 5.56 Å². The van der Waals surface area contributed by atoms with Gasteiger partial charge in [-0.05, 0) is 6.07 Å². The van der Waals surface area contributed by atoms with Gasteiger partial charge in [0.05, 0.1) is 0 Å². The molecule has 0 saturated heterocycles. The monoisotopic (exact) mass is 206 g/mol. The lowest BCUT2D eigenvalue weighted by Gasteiger charge is -2.05. The number of nitrogens with two attached hydrogens (primary N) is 1. The molecule has 0 spiro atoms. The van der Waals surface area contributed by atoms with Crippen LogP contribution in [-0.2, 0) is 6.54 Å². The van der Waals surface area contributed by atoms with E-state index >= 15 is 0 Å². The van der Waals surface area contributed by atoms with Crippen LogP contribution in [0.3, 0.4) is 0 Å². The van der Waals surface area contributed by atoms with Gasteiger partial charge in [-0.2, -0.15) is 0 Å². The van der Waals surface area contributed by atoms with Crippen molar-refractivity contribution in [2.45, 2.75) is 6.54 Å². The highest BCUT2D eigenvalue weighted by Gasteiger charge is 2.09. The molecule has 0 atom stereocenters. The van der Waals surface area contributed by atoms with Gasteiger partial charge in [-0.1, -0.05) is 6.07 Å². The number of rotatable bonds is 2. The summed E-state index contributed by atoms with van der Waals surface area (Å²) < 4.78 is 0. The molecule has 0 radical (unpaired) electrons. The van der Waals surface area contributed by atoms with Crippen molar-refractivity contribution in [3.8, 4) is 17.2 Å². The Labute approximate surface area is 81.2 Å². The van der Waals surface area contributed by atoms with Crippen molar-refractivity contribution >= 4 is 12.4 Å². The average Bonchev–Trinajstić information content (AvgIpc) is 2.07. The Bertz CT molecular complexity index is 293. The third kappa shape index (κ3) is 2.38. The fourth-order valence-electron chi connectivity index (χ4n) is 0.863. The molecule has 0 aliphatic carbocycles. The molecule has 0 aliphatic heterocycles. The Morgan fingerprint density at radius 1 is 1.15 bits per heavy atom. The van der Waals surface area contributed by atoms with E-state index in [1.54, 1.807) is 0 Å². The number of hydrogen-bond acceptors (Lipinski definition) is 5. The Morgan fingerprint density at radius 3 is 2.31 bits per heavy atom. The second kappa shape index (κ2) is 4.76. The molecular weight excluding hydrogens is 196 g/mol. The Hall–Kier alpha value is -1.17. The summed E-state index contributed by atoms with van der Waals surface area (Å²) in [5, 5.41) is 27.2. The van der Waals surface area contributed by atoms with Gasteiger partial charge >= 0.3 is 0 Å². The zero-order valence-corrected chi connectivity index (χ0v) is 7.51. The lowest BCUT2D eigenvalue weighted by atomic mass is 10.2. The van der Waals surface area contributed by atoms with E-state index < -0.39 is 5.75 Å². The molecule has 1 aromatic rings. The molecule has 0 heterocycles. The zero-order chi connectivity index (χ0) is 9.14. The highest BCUT2D eigenvalue weighted by molar-refractivity contribution is 5.85. The van der Waals surface area contributed by atoms with Crippen LogP contribution in [0.15, 0.2) is 12.1 Å². The van der Waals surface area contributed by atoms with Gasteiger partial charge in [0.25, 0.3) is 0 Å². The first-order valence-electron chi connectivity index (χ1n) is 3.33.